The third-order valence-corrected chi connectivity index (χ3v) is 5.09. The zero-order valence-corrected chi connectivity index (χ0v) is 15.4. The fourth-order valence-electron chi connectivity index (χ4n) is 3.60. The molecule has 0 aliphatic carbocycles. The highest BCUT2D eigenvalue weighted by molar-refractivity contribution is 5.85. The van der Waals surface area contributed by atoms with E-state index < -0.39 is 0 Å². The highest BCUT2D eigenvalue weighted by Crippen LogP contribution is 2.22. The van der Waals surface area contributed by atoms with Crippen LogP contribution in [-0.4, -0.2) is 30.5 Å². The van der Waals surface area contributed by atoms with E-state index in [0.717, 1.165) is 36.0 Å². The molecule has 25 heavy (non-hydrogen) atoms. The highest BCUT2D eigenvalue weighted by atomic mass is 35.5. The Morgan fingerprint density at radius 2 is 2.28 bits per heavy atom. The average Bonchev–Trinajstić information content (AvgIpc) is 2.97. The Hall–Kier alpha value is -1.59. The van der Waals surface area contributed by atoms with Crippen molar-refractivity contribution in [1.29, 1.82) is 0 Å². The summed E-state index contributed by atoms with van der Waals surface area (Å²) in [6.45, 7) is 4.91. The van der Waals surface area contributed by atoms with Gasteiger partial charge in [0.2, 0.25) is 5.91 Å². The Kier molecular flexibility index (Phi) is 7.26. The minimum Gasteiger partial charge on any atom is -0.361 e. The van der Waals surface area contributed by atoms with Gasteiger partial charge in [0.25, 0.3) is 0 Å². The van der Waals surface area contributed by atoms with Gasteiger partial charge < -0.3 is 15.6 Å². The summed E-state index contributed by atoms with van der Waals surface area (Å²) in [5.74, 6) is 0.899. The van der Waals surface area contributed by atoms with Crippen molar-refractivity contribution in [3.05, 3.63) is 35.8 Å². The summed E-state index contributed by atoms with van der Waals surface area (Å²) >= 11 is 0. The molecular weight excluding hydrogens is 341 g/mol. The number of hydrogen-bond acceptors (Lipinski definition) is 2. The Morgan fingerprint density at radius 3 is 3.04 bits per heavy atom. The maximum absolute atomic E-state index is 13.2. The second kappa shape index (κ2) is 9.20. The van der Waals surface area contributed by atoms with Gasteiger partial charge in [-0.25, -0.2) is 4.39 Å². The number of rotatable bonds is 6. The molecule has 1 aliphatic heterocycles. The predicted octanol–water partition coefficient (Wildman–Crippen LogP) is 3.41. The zero-order valence-electron chi connectivity index (χ0n) is 14.6. The van der Waals surface area contributed by atoms with Gasteiger partial charge in [-0.1, -0.05) is 6.92 Å². The summed E-state index contributed by atoms with van der Waals surface area (Å²) in [7, 11) is 0. The van der Waals surface area contributed by atoms with Crippen molar-refractivity contribution >= 4 is 29.2 Å². The number of hydrogen-bond donors (Lipinski definition) is 3. The monoisotopic (exact) mass is 367 g/mol. The van der Waals surface area contributed by atoms with Gasteiger partial charge in [-0.15, -0.1) is 12.4 Å². The molecule has 6 heteroatoms. The molecule has 4 nitrogen and oxygen atoms in total. The first-order valence-corrected chi connectivity index (χ1v) is 8.86. The second-order valence-electron chi connectivity index (χ2n) is 6.89. The minimum atomic E-state index is -0.240. The SMILES string of the molecule is CC(CC(=O)NCCc1c[nH]c2cc(F)ccc12)C1CCCNC1.Cl. The molecule has 1 saturated heterocycles. The summed E-state index contributed by atoms with van der Waals surface area (Å²) in [6, 6.07) is 4.76. The number of halogens is 2. The first-order chi connectivity index (χ1) is 11.6. The second-order valence-corrected chi connectivity index (χ2v) is 6.89. The summed E-state index contributed by atoms with van der Waals surface area (Å²) in [4.78, 5) is 15.2. The first-order valence-electron chi connectivity index (χ1n) is 8.86. The molecule has 1 fully saturated rings. The topological polar surface area (TPSA) is 56.9 Å². The summed E-state index contributed by atoms with van der Waals surface area (Å²) in [5, 5.41) is 7.45. The van der Waals surface area contributed by atoms with Gasteiger partial charge in [0.15, 0.2) is 0 Å². The number of piperidine rings is 1. The van der Waals surface area contributed by atoms with Crippen LogP contribution in [0.15, 0.2) is 24.4 Å². The van der Waals surface area contributed by atoms with Crippen molar-refractivity contribution < 1.29 is 9.18 Å². The van der Waals surface area contributed by atoms with Crippen LogP contribution in [0.4, 0.5) is 4.39 Å². The lowest BCUT2D eigenvalue weighted by atomic mass is 9.85. The van der Waals surface area contributed by atoms with Gasteiger partial charge in [0.05, 0.1) is 0 Å². The standard InChI is InChI=1S/C19H26FN3O.ClH/c1-13(14-3-2-7-21-11-14)9-19(24)22-8-6-15-12-23-18-10-16(20)4-5-17(15)18;/h4-5,10,12-14,21,23H,2-3,6-9,11H2,1H3,(H,22,24);1H. The molecule has 2 aromatic rings. The molecule has 0 bridgehead atoms. The molecule has 3 rings (SSSR count). The number of benzene rings is 1. The van der Waals surface area contributed by atoms with E-state index >= 15 is 0 Å². The van der Waals surface area contributed by atoms with Crippen LogP contribution in [0.2, 0.25) is 0 Å². The van der Waals surface area contributed by atoms with Crippen LogP contribution in [0, 0.1) is 17.7 Å². The van der Waals surface area contributed by atoms with Crippen LogP contribution in [0.5, 0.6) is 0 Å². The van der Waals surface area contributed by atoms with Crippen LogP contribution < -0.4 is 10.6 Å². The van der Waals surface area contributed by atoms with E-state index in [-0.39, 0.29) is 24.1 Å². The fourth-order valence-corrected chi connectivity index (χ4v) is 3.60. The minimum absolute atomic E-state index is 0. The number of carbonyl (C=O) groups is 1. The maximum Gasteiger partial charge on any atom is 0.220 e. The van der Waals surface area contributed by atoms with E-state index in [4.69, 9.17) is 0 Å². The van der Waals surface area contributed by atoms with E-state index in [9.17, 15) is 9.18 Å². The molecule has 1 aliphatic rings. The number of carbonyl (C=O) groups excluding carboxylic acids is 1. The molecule has 2 unspecified atom stereocenters. The van der Waals surface area contributed by atoms with Gasteiger partial charge in [-0.2, -0.15) is 0 Å². The van der Waals surface area contributed by atoms with Crippen molar-refractivity contribution in [3.8, 4) is 0 Å². The Morgan fingerprint density at radius 1 is 1.44 bits per heavy atom. The number of fused-ring (bicyclic) bond motifs is 1. The lowest BCUT2D eigenvalue weighted by molar-refractivity contribution is -0.122. The van der Waals surface area contributed by atoms with Crippen LogP contribution in [-0.2, 0) is 11.2 Å². The molecule has 1 aromatic heterocycles. The van der Waals surface area contributed by atoms with Gasteiger partial charge in [0, 0.05) is 30.1 Å². The molecule has 2 atom stereocenters. The van der Waals surface area contributed by atoms with Crippen LogP contribution in [0.1, 0.15) is 31.7 Å². The average molecular weight is 368 g/mol. The quantitative estimate of drug-likeness (QED) is 0.732. The van der Waals surface area contributed by atoms with Gasteiger partial charge in [-0.3, -0.25) is 4.79 Å². The summed E-state index contributed by atoms with van der Waals surface area (Å²) < 4.78 is 13.2. The Bertz CT molecular complexity index is 697. The van der Waals surface area contributed by atoms with Crippen molar-refractivity contribution in [2.75, 3.05) is 19.6 Å². The summed E-state index contributed by atoms with van der Waals surface area (Å²) in [5.41, 5.74) is 1.91. The molecule has 1 amide bonds. The predicted molar refractivity (Wildman–Crippen MR) is 102 cm³/mol. The van der Waals surface area contributed by atoms with E-state index in [2.05, 4.69) is 22.5 Å². The van der Waals surface area contributed by atoms with Gasteiger partial charge >= 0.3 is 0 Å². The third-order valence-electron chi connectivity index (χ3n) is 5.09. The molecule has 0 spiro atoms. The van der Waals surface area contributed by atoms with Crippen molar-refractivity contribution in [2.45, 2.75) is 32.6 Å². The number of H-pyrrole nitrogens is 1. The fraction of sp³-hybridized carbons (Fsp3) is 0.526. The first kappa shape index (κ1) is 19.7. The van der Waals surface area contributed by atoms with Crippen molar-refractivity contribution in [2.24, 2.45) is 11.8 Å². The Labute approximate surface area is 154 Å². The molecule has 3 N–H and O–H groups in total. The maximum atomic E-state index is 13.2. The lowest BCUT2D eigenvalue weighted by Gasteiger charge is -2.28. The summed E-state index contributed by atoms with van der Waals surface area (Å²) in [6.07, 6.45) is 5.65. The van der Waals surface area contributed by atoms with Gasteiger partial charge in [-0.05, 0) is 68.0 Å². The normalized spacial score (nSPS) is 18.6. The molecule has 1 aromatic carbocycles. The number of aromatic nitrogens is 1. The number of amides is 1. The number of aromatic amines is 1. The molecule has 0 radical (unpaired) electrons. The van der Waals surface area contributed by atoms with E-state index in [1.807, 2.05) is 6.20 Å². The molecule has 138 valence electrons. The van der Waals surface area contributed by atoms with Crippen molar-refractivity contribution in [1.82, 2.24) is 15.6 Å². The highest BCUT2D eigenvalue weighted by Gasteiger charge is 2.21. The molecular formula is C19H27ClFN3O. The van der Waals surface area contributed by atoms with Crippen LogP contribution in [0.25, 0.3) is 10.9 Å². The molecule has 2 heterocycles. The lowest BCUT2D eigenvalue weighted by Crippen LogP contribution is -2.36. The zero-order chi connectivity index (χ0) is 16.9. The van der Waals surface area contributed by atoms with Crippen LogP contribution in [0.3, 0.4) is 0 Å². The molecule has 0 saturated carbocycles. The van der Waals surface area contributed by atoms with Gasteiger partial charge in [0.1, 0.15) is 5.82 Å². The smallest absolute Gasteiger partial charge is 0.220 e. The van der Waals surface area contributed by atoms with E-state index in [1.165, 1.54) is 25.0 Å². The largest absolute Gasteiger partial charge is 0.361 e. The van der Waals surface area contributed by atoms with E-state index in [0.29, 0.717) is 24.8 Å². The van der Waals surface area contributed by atoms with Crippen molar-refractivity contribution in [3.63, 3.8) is 0 Å². The third kappa shape index (κ3) is 5.19. The number of nitrogens with one attached hydrogen (secondary N) is 3. The Balaban J connectivity index is 0.00000225. The van der Waals surface area contributed by atoms with Crippen LogP contribution >= 0.6 is 12.4 Å². The van der Waals surface area contributed by atoms with E-state index in [1.54, 1.807) is 6.07 Å².